The van der Waals surface area contributed by atoms with Crippen LogP contribution in [-0.4, -0.2) is 62.6 Å². The molecule has 1 saturated heterocycles. The minimum absolute atomic E-state index is 0.0769. The third kappa shape index (κ3) is 5.76. The highest BCUT2D eigenvalue weighted by Crippen LogP contribution is 2.33. The van der Waals surface area contributed by atoms with Gasteiger partial charge in [0.1, 0.15) is 11.6 Å². The summed E-state index contributed by atoms with van der Waals surface area (Å²) >= 11 is 0.996. The Morgan fingerprint density at radius 3 is 2.43 bits per heavy atom. The Morgan fingerprint density at radius 2 is 1.86 bits per heavy atom. The van der Waals surface area contributed by atoms with Gasteiger partial charge in [-0.05, 0) is 30.7 Å². The Morgan fingerprint density at radius 1 is 1.21 bits per heavy atom. The van der Waals surface area contributed by atoms with Crippen molar-refractivity contribution >= 4 is 34.1 Å². The highest BCUT2D eigenvalue weighted by Gasteiger charge is 2.27. The molecule has 2 heterocycles. The van der Waals surface area contributed by atoms with E-state index in [0.717, 1.165) is 30.8 Å². The minimum atomic E-state index is -0.646. The quantitative estimate of drug-likeness (QED) is 0.499. The number of rotatable bonds is 8. The van der Waals surface area contributed by atoms with E-state index in [1.807, 2.05) is 0 Å². The highest BCUT2D eigenvalue weighted by atomic mass is 32.1. The summed E-state index contributed by atoms with van der Waals surface area (Å²) in [4.78, 5) is 39.1. The fourth-order valence-corrected chi connectivity index (χ4v) is 4.73. The standard InChI is InChI=1S/C19H29N3O5S/c1-11-7-12(2)9-22(8-11)10-14(23)21-18-15(19(25)27-6-5-26-4)13(3)16(28-18)17(20)24/h11-12H,5-10H2,1-4H3,(H2,20,24)(H,21,23)/t11-,12-/m1/s1. The van der Waals surface area contributed by atoms with E-state index < -0.39 is 11.9 Å². The molecule has 0 spiro atoms. The molecule has 1 aromatic heterocycles. The molecule has 0 aliphatic carbocycles. The van der Waals surface area contributed by atoms with Crippen molar-refractivity contribution in [1.82, 2.24) is 4.90 Å². The first-order valence-electron chi connectivity index (χ1n) is 9.34. The smallest absolute Gasteiger partial charge is 0.341 e. The van der Waals surface area contributed by atoms with E-state index >= 15 is 0 Å². The average molecular weight is 412 g/mol. The zero-order valence-corrected chi connectivity index (χ0v) is 17.7. The summed E-state index contributed by atoms with van der Waals surface area (Å²) in [5.41, 5.74) is 5.99. The Kier molecular flexibility index (Phi) is 7.97. The summed E-state index contributed by atoms with van der Waals surface area (Å²) in [5.74, 6) is -0.424. The lowest BCUT2D eigenvalue weighted by Gasteiger charge is -2.34. The molecule has 28 heavy (non-hydrogen) atoms. The van der Waals surface area contributed by atoms with Crippen molar-refractivity contribution in [2.24, 2.45) is 17.6 Å². The molecule has 8 nitrogen and oxygen atoms in total. The molecule has 156 valence electrons. The van der Waals surface area contributed by atoms with Crippen LogP contribution in [0.1, 0.15) is 45.9 Å². The van der Waals surface area contributed by atoms with Crippen molar-refractivity contribution in [2.75, 3.05) is 45.3 Å². The van der Waals surface area contributed by atoms with Crippen LogP contribution in [0.4, 0.5) is 5.00 Å². The summed E-state index contributed by atoms with van der Waals surface area (Å²) < 4.78 is 10.0. The van der Waals surface area contributed by atoms with Crippen LogP contribution < -0.4 is 11.1 Å². The van der Waals surface area contributed by atoms with Crippen molar-refractivity contribution in [1.29, 1.82) is 0 Å². The number of amides is 2. The van der Waals surface area contributed by atoms with Gasteiger partial charge in [0.15, 0.2) is 0 Å². The lowest BCUT2D eigenvalue weighted by atomic mass is 9.92. The van der Waals surface area contributed by atoms with E-state index in [9.17, 15) is 14.4 Å². The Bertz CT molecular complexity index is 723. The maximum Gasteiger partial charge on any atom is 0.341 e. The van der Waals surface area contributed by atoms with E-state index in [0.29, 0.717) is 17.4 Å². The Balaban J connectivity index is 2.14. The molecule has 1 fully saturated rings. The molecule has 0 radical (unpaired) electrons. The van der Waals surface area contributed by atoms with Crippen molar-refractivity contribution in [2.45, 2.75) is 27.2 Å². The van der Waals surface area contributed by atoms with Gasteiger partial charge in [0, 0.05) is 20.2 Å². The van der Waals surface area contributed by atoms with Gasteiger partial charge in [-0.3, -0.25) is 14.5 Å². The van der Waals surface area contributed by atoms with E-state index in [1.165, 1.54) is 7.11 Å². The average Bonchev–Trinajstić information content (AvgIpc) is 2.90. The third-order valence-corrected chi connectivity index (χ3v) is 5.88. The first kappa shape index (κ1) is 22.3. The second-order valence-corrected chi connectivity index (χ2v) is 8.46. The Labute approximate surface area is 169 Å². The monoisotopic (exact) mass is 411 g/mol. The number of ether oxygens (including phenoxy) is 2. The number of nitrogens with one attached hydrogen (secondary N) is 1. The van der Waals surface area contributed by atoms with Gasteiger partial charge in [-0.1, -0.05) is 13.8 Å². The fraction of sp³-hybridized carbons (Fsp3) is 0.632. The van der Waals surface area contributed by atoms with Crippen molar-refractivity contribution < 1.29 is 23.9 Å². The van der Waals surface area contributed by atoms with Crippen LogP contribution in [-0.2, 0) is 14.3 Å². The molecule has 0 saturated carbocycles. The van der Waals surface area contributed by atoms with Crippen LogP contribution >= 0.6 is 11.3 Å². The predicted octanol–water partition coefficient (Wildman–Crippen LogP) is 1.88. The molecule has 2 rings (SSSR count). The topological polar surface area (TPSA) is 111 Å². The maximum atomic E-state index is 12.6. The predicted molar refractivity (Wildman–Crippen MR) is 108 cm³/mol. The molecule has 1 aliphatic heterocycles. The molecule has 0 aromatic carbocycles. The fourth-order valence-electron chi connectivity index (χ4n) is 3.66. The number of nitrogens with two attached hydrogens (primary N) is 1. The highest BCUT2D eigenvalue weighted by molar-refractivity contribution is 7.18. The minimum Gasteiger partial charge on any atom is -0.460 e. The van der Waals surface area contributed by atoms with Gasteiger partial charge in [-0.15, -0.1) is 11.3 Å². The van der Waals surface area contributed by atoms with Crippen LogP contribution in [0.5, 0.6) is 0 Å². The van der Waals surface area contributed by atoms with Crippen molar-refractivity contribution in [3.63, 3.8) is 0 Å². The number of anilines is 1. The molecule has 9 heteroatoms. The lowest BCUT2D eigenvalue weighted by Crippen LogP contribution is -2.42. The number of hydrogen-bond donors (Lipinski definition) is 2. The number of nitrogens with zero attached hydrogens (tertiary/aromatic N) is 1. The second-order valence-electron chi connectivity index (χ2n) is 7.44. The summed E-state index contributed by atoms with van der Waals surface area (Å²) in [6.45, 7) is 8.26. The van der Waals surface area contributed by atoms with Gasteiger partial charge >= 0.3 is 5.97 Å². The zero-order valence-electron chi connectivity index (χ0n) is 16.9. The van der Waals surface area contributed by atoms with Gasteiger partial charge < -0.3 is 20.5 Å². The number of primary amides is 1. The molecule has 3 N–H and O–H groups in total. The number of esters is 1. The molecule has 2 atom stereocenters. The number of carbonyl (C=O) groups excluding carboxylic acids is 3. The summed E-state index contributed by atoms with van der Waals surface area (Å²) in [6, 6.07) is 0. The van der Waals surface area contributed by atoms with Crippen LogP contribution in [0, 0.1) is 18.8 Å². The van der Waals surface area contributed by atoms with E-state index in [1.54, 1.807) is 6.92 Å². The van der Waals surface area contributed by atoms with Gasteiger partial charge in [-0.25, -0.2) is 4.79 Å². The summed E-state index contributed by atoms with van der Waals surface area (Å²) in [5, 5.41) is 3.06. The number of thiophene rings is 1. The van der Waals surface area contributed by atoms with Crippen LogP contribution in [0.2, 0.25) is 0 Å². The molecular formula is C19H29N3O5S. The largest absolute Gasteiger partial charge is 0.460 e. The third-order valence-electron chi connectivity index (χ3n) is 4.66. The van der Waals surface area contributed by atoms with Crippen molar-refractivity contribution in [3.05, 3.63) is 16.0 Å². The van der Waals surface area contributed by atoms with Crippen LogP contribution in [0.3, 0.4) is 0 Å². The number of methoxy groups -OCH3 is 1. The van der Waals surface area contributed by atoms with E-state index in [2.05, 4.69) is 24.1 Å². The van der Waals surface area contributed by atoms with Gasteiger partial charge in [0.2, 0.25) is 5.91 Å². The SMILES string of the molecule is COCCOC(=O)c1c(NC(=O)CN2C[C@H](C)C[C@@H](C)C2)sc(C(N)=O)c1C. The first-order valence-corrected chi connectivity index (χ1v) is 10.2. The molecule has 1 aliphatic rings. The number of piperidine rings is 1. The molecule has 1 aromatic rings. The lowest BCUT2D eigenvalue weighted by molar-refractivity contribution is -0.117. The summed E-state index contributed by atoms with van der Waals surface area (Å²) in [6.07, 6.45) is 1.15. The zero-order chi connectivity index (χ0) is 20.8. The van der Waals surface area contributed by atoms with E-state index in [4.69, 9.17) is 15.2 Å². The van der Waals surface area contributed by atoms with Gasteiger partial charge in [0.05, 0.1) is 23.6 Å². The number of hydrogen-bond acceptors (Lipinski definition) is 7. The van der Waals surface area contributed by atoms with Crippen molar-refractivity contribution in [3.8, 4) is 0 Å². The molecule has 2 amide bonds. The number of carbonyl (C=O) groups is 3. The first-order chi connectivity index (χ1) is 13.2. The normalized spacial score (nSPS) is 20.0. The molecule has 0 unspecified atom stereocenters. The van der Waals surface area contributed by atoms with Gasteiger partial charge in [-0.2, -0.15) is 0 Å². The number of likely N-dealkylation sites (tertiary alicyclic amines) is 1. The van der Waals surface area contributed by atoms with Crippen LogP contribution in [0.25, 0.3) is 0 Å². The summed E-state index contributed by atoms with van der Waals surface area (Å²) in [7, 11) is 1.50. The molecule has 0 bridgehead atoms. The van der Waals surface area contributed by atoms with E-state index in [-0.39, 0.29) is 41.1 Å². The maximum absolute atomic E-state index is 12.6. The Hall–Kier alpha value is -1.97. The molecular weight excluding hydrogens is 382 g/mol. The second kappa shape index (κ2) is 9.99. The van der Waals surface area contributed by atoms with Crippen LogP contribution in [0.15, 0.2) is 0 Å². The van der Waals surface area contributed by atoms with Gasteiger partial charge in [0.25, 0.3) is 5.91 Å².